The van der Waals surface area contributed by atoms with E-state index >= 15 is 0 Å². The third kappa shape index (κ3) is 5.27. The first-order valence-electron chi connectivity index (χ1n) is 4.99. The van der Waals surface area contributed by atoms with E-state index in [9.17, 15) is 18.3 Å². The molecule has 1 nitrogen and oxygen atoms in total. The van der Waals surface area contributed by atoms with E-state index in [2.05, 4.69) is 15.9 Å². The van der Waals surface area contributed by atoms with Gasteiger partial charge in [0.05, 0.1) is 6.10 Å². The van der Waals surface area contributed by atoms with Crippen molar-refractivity contribution in [3.63, 3.8) is 0 Å². The highest BCUT2D eigenvalue weighted by atomic mass is 79.9. The van der Waals surface area contributed by atoms with Crippen LogP contribution in [0.5, 0.6) is 0 Å². The molecule has 6 heteroatoms. The van der Waals surface area contributed by atoms with Crippen LogP contribution in [0, 0.1) is 0 Å². The lowest BCUT2D eigenvalue weighted by Gasteiger charge is -2.13. The van der Waals surface area contributed by atoms with Gasteiger partial charge < -0.3 is 5.11 Å². The average Bonchev–Trinajstić information content (AvgIpc) is 2.15. The molecule has 0 aliphatic heterocycles. The molecule has 0 heterocycles. The molecule has 17 heavy (non-hydrogen) atoms. The van der Waals surface area contributed by atoms with Crippen molar-refractivity contribution in [2.75, 3.05) is 0 Å². The molecule has 1 unspecified atom stereocenters. The van der Waals surface area contributed by atoms with Crippen molar-refractivity contribution in [1.82, 2.24) is 0 Å². The van der Waals surface area contributed by atoms with Gasteiger partial charge in [-0.15, -0.1) is 0 Å². The summed E-state index contributed by atoms with van der Waals surface area (Å²) >= 11 is 8.94. The maximum absolute atomic E-state index is 11.9. The van der Waals surface area contributed by atoms with Gasteiger partial charge in [0.1, 0.15) is 0 Å². The average molecular weight is 332 g/mol. The number of benzene rings is 1. The van der Waals surface area contributed by atoms with Crippen LogP contribution in [-0.2, 0) is 0 Å². The Kier molecular flexibility index (Phi) is 5.28. The number of hydrogen-bond donors (Lipinski definition) is 1. The Bertz CT molecular complexity index is 381. The summed E-state index contributed by atoms with van der Waals surface area (Å²) in [5, 5.41) is 10.3. The molecule has 0 radical (unpaired) electrons. The van der Waals surface area contributed by atoms with Crippen LogP contribution in [0.4, 0.5) is 13.2 Å². The first-order valence-corrected chi connectivity index (χ1v) is 6.16. The van der Waals surface area contributed by atoms with Crippen LogP contribution in [-0.4, -0.2) is 11.3 Å². The van der Waals surface area contributed by atoms with Crippen LogP contribution < -0.4 is 0 Å². The molecule has 1 rings (SSSR count). The van der Waals surface area contributed by atoms with Crippen molar-refractivity contribution in [2.45, 2.75) is 31.5 Å². The van der Waals surface area contributed by atoms with Gasteiger partial charge in [0, 0.05) is 15.9 Å². The minimum Gasteiger partial charge on any atom is -0.388 e. The Morgan fingerprint density at radius 2 is 2.00 bits per heavy atom. The Balaban J connectivity index is 2.55. The summed E-state index contributed by atoms with van der Waals surface area (Å²) in [6.07, 6.45) is -5.99. The summed E-state index contributed by atoms with van der Waals surface area (Å²) < 4.78 is 36.4. The van der Waals surface area contributed by atoms with Crippen molar-refractivity contribution >= 4 is 27.5 Å². The molecule has 0 fully saturated rings. The lowest BCUT2D eigenvalue weighted by Crippen LogP contribution is -2.08. The first-order chi connectivity index (χ1) is 7.79. The zero-order valence-corrected chi connectivity index (χ0v) is 11.1. The van der Waals surface area contributed by atoms with Gasteiger partial charge in [-0.3, -0.25) is 0 Å². The summed E-state index contributed by atoms with van der Waals surface area (Å²) in [6.45, 7) is 0. The molecule has 0 saturated heterocycles. The highest BCUT2D eigenvalue weighted by Gasteiger charge is 2.26. The minimum absolute atomic E-state index is 0.0692. The largest absolute Gasteiger partial charge is 0.389 e. The minimum atomic E-state index is -4.17. The second-order valence-electron chi connectivity index (χ2n) is 3.69. The van der Waals surface area contributed by atoms with Crippen molar-refractivity contribution in [1.29, 1.82) is 0 Å². The molecule has 1 aromatic rings. The molecule has 1 N–H and O–H groups in total. The number of hydrogen-bond acceptors (Lipinski definition) is 1. The lowest BCUT2D eigenvalue weighted by atomic mass is 10.0. The first kappa shape index (κ1) is 14.8. The third-order valence-electron chi connectivity index (χ3n) is 2.26. The summed E-state index contributed by atoms with van der Waals surface area (Å²) in [6, 6.07) is 4.79. The summed E-state index contributed by atoms with van der Waals surface area (Å²) in [7, 11) is 0. The summed E-state index contributed by atoms with van der Waals surface area (Å²) in [5.41, 5.74) is 0.552. The molecular formula is C11H11BrClF3O. The van der Waals surface area contributed by atoms with E-state index < -0.39 is 18.7 Å². The number of rotatable bonds is 4. The Morgan fingerprint density at radius 3 is 2.53 bits per heavy atom. The molecule has 0 aliphatic rings. The normalized spacial score (nSPS) is 13.8. The van der Waals surface area contributed by atoms with Gasteiger partial charge >= 0.3 is 6.18 Å². The fourth-order valence-electron chi connectivity index (χ4n) is 1.42. The fraction of sp³-hybridized carbons (Fsp3) is 0.455. The zero-order valence-electron chi connectivity index (χ0n) is 8.77. The number of alkyl halides is 3. The molecule has 1 aromatic carbocycles. The van der Waals surface area contributed by atoms with Crippen LogP contribution in [0.25, 0.3) is 0 Å². The summed E-state index contributed by atoms with van der Waals surface area (Å²) in [5.74, 6) is 0. The second-order valence-corrected chi connectivity index (χ2v) is 4.98. The van der Waals surface area contributed by atoms with Crippen molar-refractivity contribution < 1.29 is 18.3 Å². The molecule has 0 aliphatic carbocycles. The number of aliphatic hydroxyl groups excluding tert-OH is 1. The van der Waals surface area contributed by atoms with E-state index in [-0.39, 0.29) is 12.8 Å². The van der Waals surface area contributed by atoms with Gasteiger partial charge in [-0.1, -0.05) is 33.6 Å². The highest BCUT2D eigenvalue weighted by molar-refractivity contribution is 9.10. The molecule has 96 valence electrons. The fourth-order valence-corrected chi connectivity index (χ4v) is 2.37. The van der Waals surface area contributed by atoms with Crippen molar-refractivity contribution in [3.8, 4) is 0 Å². The van der Waals surface area contributed by atoms with Crippen LogP contribution in [0.3, 0.4) is 0 Å². The number of aliphatic hydroxyl groups is 1. The maximum Gasteiger partial charge on any atom is 0.389 e. The second kappa shape index (κ2) is 6.07. The predicted molar refractivity (Wildman–Crippen MR) is 64.0 cm³/mol. The van der Waals surface area contributed by atoms with E-state index in [0.717, 1.165) is 0 Å². The topological polar surface area (TPSA) is 20.2 Å². The Morgan fingerprint density at radius 1 is 1.35 bits per heavy atom. The maximum atomic E-state index is 11.9. The molecular weight excluding hydrogens is 320 g/mol. The van der Waals surface area contributed by atoms with E-state index in [1.165, 1.54) is 0 Å². The van der Waals surface area contributed by atoms with Gasteiger partial charge in [-0.25, -0.2) is 0 Å². The van der Waals surface area contributed by atoms with Crippen LogP contribution >= 0.6 is 27.5 Å². The molecule has 0 aromatic heterocycles. The number of halogens is 5. The standard InChI is InChI=1S/C11H11BrClF3O/c12-9-6-7(13)3-4-8(9)10(17)2-1-5-11(14,15)16/h3-4,6,10,17H,1-2,5H2. The molecule has 0 spiro atoms. The van der Waals surface area contributed by atoms with Crippen LogP contribution in [0.15, 0.2) is 22.7 Å². The van der Waals surface area contributed by atoms with Gasteiger partial charge in [0.2, 0.25) is 0 Å². The molecule has 1 atom stereocenters. The lowest BCUT2D eigenvalue weighted by molar-refractivity contribution is -0.136. The molecule has 0 saturated carbocycles. The van der Waals surface area contributed by atoms with Gasteiger partial charge in [0.25, 0.3) is 0 Å². The third-order valence-corrected chi connectivity index (χ3v) is 3.18. The molecule has 0 bridgehead atoms. The van der Waals surface area contributed by atoms with Crippen molar-refractivity contribution in [3.05, 3.63) is 33.3 Å². The smallest absolute Gasteiger partial charge is 0.388 e. The predicted octanol–water partition coefficient (Wildman–Crippen LogP) is 4.87. The Hall–Kier alpha value is -0.260. The van der Waals surface area contributed by atoms with Crippen LogP contribution in [0.2, 0.25) is 5.02 Å². The highest BCUT2D eigenvalue weighted by Crippen LogP contribution is 2.31. The van der Waals surface area contributed by atoms with E-state index in [1.54, 1.807) is 18.2 Å². The SMILES string of the molecule is OC(CCCC(F)(F)F)c1ccc(Cl)cc1Br. The quantitative estimate of drug-likeness (QED) is 0.834. The van der Waals surface area contributed by atoms with E-state index in [0.29, 0.717) is 15.1 Å². The van der Waals surface area contributed by atoms with E-state index in [4.69, 9.17) is 11.6 Å². The van der Waals surface area contributed by atoms with Crippen LogP contribution in [0.1, 0.15) is 30.9 Å². The van der Waals surface area contributed by atoms with Crippen molar-refractivity contribution in [2.24, 2.45) is 0 Å². The monoisotopic (exact) mass is 330 g/mol. The molecule has 0 amide bonds. The zero-order chi connectivity index (χ0) is 13.1. The summed E-state index contributed by atoms with van der Waals surface area (Å²) in [4.78, 5) is 0. The van der Waals surface area contributed by atoms with Gasteiger partial charge in [-0.05, 0) is 30.5 Å². The van der Waals surface area contributed by atoms with E-state index in [1.807, 2.05) is 0 Å². The van der Waals surface area contributed by atoms with Gasteiger partial charge in [0.15, 0.2) is 0 Å². The Labute approximate surface area is 111 Å². The van der Waals surface area contributed by atoms with Gasteiger partial charge in [-0.2, -0.15) is 13.2 Å².